The Kier molecular flexibility index (Phi) is 9.65. The van der Waals surface area contributed by atoms with E-state index in [0.29, 0.717) is 12.3 Å². The first-order chi connectivity index (χ1) is 11.1. The molecule has 2 heterocycles. The van der Waals surface area contributed by atoms with Crippen LogP contribution in [0.15, 0.2) is 22.5 Å². The van der Waals surface area contributed by atoms with E-state index in [4.69, 9.17) is 4.99 Å². The normalized spacial score (nSPS) is 19.6. The minimum atomic E-state index is 0. The fraction of sp³-hybridized carbons (Fsp3) is 0.647. The molecule has 0 spiro atoms. The first kappa shape index (κ1) is 21.2. The smallest absolute Gasteiger partial charge is 0.222 e. The molecule has 1 saturated heterocycles. The summed E-state index contributed by atoms with van der Waals surface area (Å²) in [6, 6.07) is 4.56. The van der Waals surface area contributed by atoms with Gasteiger partial charge in [-0.2, -0.15) is 0 Å². The lowest BCUT2D eigenvalue weighted by molar-refractivity contribution is -0.132. The maximum atomic E-state index is 11.6. The highest BCUT2D eigenvalue weighted by Gasteiger charge is 2.23. The minimum Gasteiger partial charge on any atom is -0.357 e. The Bertz CT molecular complexity index is 521. The number of nitrogens with zero attached hydrogens (tertiary/aromatic N) is 2. The van der Waals surface area contributed by atoms with Gasteiger partial charge in [-0.1, -0.05) is 13.0 Å². The van der Waals surface area contributed by atoms with E-state index in [0.717, 1.165) is 38.4 Å². The number of hydrogen-bond donors (Lipinski definition) is 2. The molecule has 7 heteroatoms. The quantitative estimate of drug-likeness (QED) is 0.387. The zero-order valence-electron chi connectivity index (χ0n) is 14.7. The number of halogens is 1. The van der Waals surface area contributed by atoms with E-state index in [-0.39, 0.29) is 35.9 Å². The summed E-state index contributed by atoms with van der Waals surface area (Å²) >= 11 is 1.81. The Hall–Kier alpha value is -0.830. The molecule has 1 aromatic rings. The summed E-state index contributed by atoms with van der Waals surface area (Å²) in [5, 5.41) is 8.90. The number of rotatable bonds is 6. The number of nitrogens with one attached hydrogen (secondary N) is 2. The summed E-state index contributed by atoms with van der Waals surface area (Å²) in [6.07, 6.45) is 2.56. The lowest BCUT2D eigenvalue weighted by atomic mass is 10.1. The van der Waals surface area contributed by atoms with Gasteiger partial charge >= 0.3 is 0 Å². The summed E-state index contributed by atoms with van der Waals surface area (Å²) in [6.45, 7) is 6.69. The maximum Gasteiger partial charge on any atom is 0.222 e. The number of aliphatic imine (C=N–C) groups is 1. The van der Waals surface area contributed by atoms with E-state index in [1.54, 1.807) is 4.90 Å². The van der Waals surface area contributed by atoms with Crippen molar-refractivity contribution in [1.29, 1.82) is 0 Å². The van der Waals surface area contributed by atoms with Crippen LogP contribution in [0.25, 0.3) is 0 Å². The van der Waals surface area contributed by atoms with Crippen LogP contribution in [-0.2, 0) is 11.2 Å². The van der Waals surface area contributed by atoms with Crippen LogP contribution in [-0.4, -0.2) is 49.5 Å². The zero-order chi connectivity index (χ0) is 16.7. The van der Waals surface area contributed by atoms with Gasteiger partial charge in [0.1, 0.15) is 0 Å². The standard InChI is InChI=1S/C17H28N4OS.HI/c1-4-18-17(20-14-7-8-16(22)21(3)12-14)19-11-13(2)10-15-6-5-9-23-15;/h5-6,9,13-14H,4,7-8,10-12H2,1-3H3,(H2,18,19,20);1H. The highest BCUT2D eigenvalue weighted by atomic mass is 127. The second-order valence-corrected chi connectivity index (χ2v) is 7.29. The molecule has 0 aliphatic carbocycles. The second kappa shape index (κ2) is 10.9. The van der Waals surface area contributed by atoms with E-state index < -0.39 is 0 Å². The van der Waals surface area contributed by atoms with Gasteiger partial charge in [0.05, 0.1) is 0 Å². The molecule has 1 amide bonds. The summed E-state index contributed by atoms with van der Waals surface area (Å²) < 4.78 is 0. The number of thiophene rings is 1. The van der Waals surface area contributed by atoms with Gasteiger partial charge in [-0.25, -0.2) is 0 Å². The van der Waals surface area contributed by atoms with Crippen LogP contribution < -0.4 is 10.6 Å². The molecular formula is C17H29IN4OS. The molecule has 1 aliphatic rings. The molecule has 136 valence electrons. The zero-order valence-corrected chi connectivity index (χ0v) is 17.9. The van der Waals surface area contributed by atoms with E-state index >= 15 is 0 Å². The largest absolute Gasteiger partial charge is 0.357 e. The SMILES string of the molecule is CCNC(=NCC(C)Cc1cccs1)NC1CCC(=O)N(C)C1.I. The second-order valence-electron chi connectivity index (χ2n) is 6.26. The van der Waals surface area contributed by atoms with Crippen molar-refractivity contribution in [2.45, 2.75) is 39.2 Å². The van der Waals surface area contributed by atoms with Gasteiger partial charge in [-0.3, -0.25) is 9.79 Å². The summed E-state index contributed by atoms with van der Waals surface area (Å²) in [4.78, 5) is 19.5. The Morgan fingerprint density at radius 1 is 1.54 bits per heavy atom. The predicted octanol–water partition coefficient (Wildman–Crippen LogP) is 2.72. The predicted molar refractivity (Wildman–Crippen MR) is 112 cm³/mol. The van der Waals surface area contributed by atoms with E-state index in [9.17, 15) is 4.79 Å². The first-order valence-corrected chi connectivity index (χ1v) is 9.27. The molecule has 1 aliphatic heterocycles. The van der Waals surface area contributed by atoms with Crippen molar-refractivity contribution in [2.24, 2.45) is 10.9 Å². The molecular weight excluding hydrogens is 435 g/mol. The number of amides is 1. The third kappa shape index (κ3) is 6.96. The molecule has 1 fully saturated rings. The van der Waals surface area contributed by atoms with Crippen molar-refractivity contribution in [3.63, 3.8) is 0 Å². The molecule has 0 bridgehead atoms. The molecule has 2 unspecified atom stereocenters. The number of carbonyl (C=O) groups is 1. The molecule has 2 atom stereocenters. The molecule has 24 heavy (non-hydrogen) atoms. The first-order valence-electron chi connectivity index (χ1n) is 8.39. The molecule has 1 aromatic heterocycles. The highest BCUT2D eigenvalue weighted by molar-refractivity contribution is 14.0. The lowest BCUT2D eigenvalue weighted by Crippen LogP contribution is -2.51. The molecule has 2 rings (SSSR count). The van der Waals surface area contributed by atoms with E-state index in [1.165, 1.54) is 4.88 Å². The van der Waals surface area contributed by atoms with Gasteiger partial charge in [0, 0.05) is 44.0 Å². The van der Waals surface area contributed by atoms with Crippen molar-refractivity contribution in [1.82, 2.24) is 15.5 Å². The van der Waals surface area contributed by atoms with Crippen LogP contribution in [0, 0.1) is 5.92 Å². The monoisotopic (exact) mass is 464 g/mol. The number of piperidine rings is 1. The van der Waals surface area contributed by atoms with Crippen molar-refractivity contribution in [3.05, 3.63) is 22.4 Å². The minimum absolute atomic E-state index is 0. The van der Waals surface area contributed by atoms with Crippen LogP contribution in [0.1, 0.15) is 31.6 Å². The van der Waals surface area contributed by atoms with Crippen molar-refractivity contribution < 1.29 is 4.79 Å². The molecule has 0 aromatic carbocycles. The average molecular weight is 464 g/mol. The Morgan fingerprint density at radius 2 is 2.33 bits per heavy atom. The molecule has 2 N–H and O–H groups in total. The van der Waals surface area contributed by atoms with Crippen LogP contribution in [0.2, 0.25) is 0 Å². The fourth-order valence-electron chi connectivity index (χ4n) is 2.73. The molecule has 5 nitrogen and oxygen atoms in total. The van der Waals surface area contributed by atoms with Gasteiger partial charge in [-0.15, -0.1) is 35.3 Å². The van der Waals surface area contributed by atoms with Gasteiger partial charge in [0.15, 0.2) is 5.96 Å². The van der Waals surface area contributed by atoms with Crippen LogP contribution >= 0.6 is 35.3 Å². The fourth-order valence-corrected chi connectivity index (χ4v) is 3.60. The maximum absolute atomic E-state index is 11.6. The van der Waals surface area contributed by atoms with Gasteiger partial charge in [-0.05, 0) is 37.1 Å². The number of hydrogen-bond acceptors (Lipinski definition) is 3. The van der Waals surface area contributed by atoms with Gasteiger partial charge in [0.2, 0.25) is 5.91 Å². The third-order valence-electron chi connectivity index (χ3n) is 4.00. The lowest BCUT2D eigenvalue weighted by Gasteiger charge is -2.31. The van der Waals surface area contributed by atoms with Crippen LogP contribution in [0.5, 0.6) is 0 Å². The van der Waals surface area contributed by atoms with Crippen molar-refractivity contribution >= 4 is 47.2 Å². The van der Waals surface area contributed by atoms with Crippen molar-refractivity contribution in [2.75, 3.05) is 26.7 Å². The molecule has 0 radical (unpaired) electrons. The topological polar surface area (TPSA) is 56.7 Å². The van der Waals surface area contributed by atoms with Crippen molar-refractivity contribution in [3.8, 4) is 0 Å². The third-order valence-corrected chi connectivity index (χ3v) is 4.90. The number of likely N-dealkylation sites (N-methyl/N-ethyl adjacent to an activating group) is 1. The van der Waals surface area contributed by atoms with Gasteiger partial charge < -0.3 is 15.5 Å². The number of guanidine groups is 1. The molecule has 0 saturated carbocycles. The Balaban J connectivity index is 0.00000288. The highest BCUT2D eigenvalue weighted by Crippen LogP contribution is 2.14. The number of likely N-dealkylation sites (tertiary alicyclic amines) is 1. The van der Waals surface area contributed by atoms with Gasteiger partial charge in [0.25, 0.3) is 0 Å². The van der Waals surface area contributed by atoms with Crippen LogP contribution in [0.3, 0.4) is 0 Å². The Labute approximate surface area is 166 Å². The summed E-state index contributed by atoms with van der Waals surface area (Å²) in [7, 11) is 1.86. The Morgan fingerprint density at radius 3 is 2.96 bits per heavy atom. The van der Waals surface area contributed by atoms with E-state index in [1.807, 2.05) is 18.4 Å². The van der Waals surface area contributed by atoms with Crippen LogP contribution in [0.4, 0.5) is 0 Å². The number of carbonyl (C=O) groups excluding carboxylic acids is 1. The average Bonchev–Trinajstić information content (AvgIpc) is 3.02. The summed E-state index contributed by atoms with van der Waals surface area (Å²) in [5.41, 5.74) is 0. The summed E-state index contributed by atoms with van der Waals surface area (Å²) in [5.74, 6) is 1.60. The van der Waals surface area contributed by atoms with E-state index in [2.05, 4.69) is 42.0 Å².